The summed E-state index contributed by atoms with van der Waals surface area (Å²) in [6, 6.07) is 25.3. The van der Waals surface area contributed by atoms with E-state index >= 15 is 0 Å². The lowest BCUT2D eigenvalue weighted by Gasteiger charge is -2.15. The molecule has 0 aliphatic carbocycles. The first-order valence-corrected chi connectivity index (χ1v) is 17.9. The maximum absolute atomic E-state index is 12.4. The Morgan fingerprint density at radius 2 is 0.925 bits per heavy atom. The highest BCUT2D eigenvalue weighted by molar-refractivity contribution is 6.23. The highest BCUT2D eigenvalue weighted by atomic mass is 16.6. The largest absolute Gasteiger partial charge is 0.491 e. The van der Waals surface area contributed by atoms with Gasteiger partial charge in [0.1, 0.15) is 37.9 Å². The molecule has 12 nitrogen and oxygen atoms in total. The number of carbonyl (C=O) groups excluding carboxylic acids is 1. The molecule has 2 heterocycles. The van der Waals surface area contributed by atoms with Crippen LogP contribution in [0.2, 0.25) is 0 Å². The quantitative estimate of drug-likeness (QED) is 0.109. The Hall–Kier alpha value is -5.27. The van der Waals surface area contributed by atoms with E-state index in [1.54, 1.807) is 25.1 Å². The van der Waals surface area contributed by atoms with Gasteiger partial charge in [-0.1, -0.05) is 48.5 Å². The smallest absolute Gasteiger partial charge is 0.338 e. The molecule has 1 aromatic heterocycles. The monoisotopic (exact) mass is 722 g/mol. The first kappa shape index (κ1) is 36.1. The van der Waals surface area contributed by atoms with Gasteiger partial charge >= 0.3 is 5.97 Å². The van der Waals surface area contributed by atoms with Crippen LogP contribution >= 0.6 is 0 Å². The van der Waals surface area contributed by atoms with Gasteiger partial charge in [0.2, 0.25) is 0 Å². The van der Waals surface area contributed by atoms with Crippen molar-refractivity contribution in [3.8, 4) is 23.0 Å². The first-order valence-electron chi connectivity index (χ1n) is 17.9. The second-order valence-electron chi connectivity index (χ2n) is 12.1. The average molecular weight is 723 g/mol. The summed E-state index contributed by atoms with van der Waals surface area (Å²) in [5.74, 6) is 1.56. The summed E-state index contributed by atoms with van der Waals surface area (Å²) in [6.45, 7) is 5.95. The van der Waals surface area contributed by atoms with Crippen LogP contribution in [-0.4, -0.2) is 102 Å². The molecule has 1 aliphatic heterocycles. The third kappa shape index (κ3) is 9.03. The van der Waals surface area contributed by atoms with Crippen LogP contribution in [0.5, 0.6) is 23.0 Å². The molecule has 0 radical (unpaired) electrons. The number of aromatic nitrogens is 2. The van der Waals surface area contributed by atoms with E-state index in [1.807, 2.05) is 36.4 Å². The predicted molar refractivity (Wildman–Crippen MR) is 200 cm³/mol. The Labute approximate surface area is 306 Å². The maximum Gasteiger partial charge on any atom is 0.338 e. The zero-order chi connectivity index (χ0) is 36.2. The molecule has 276 valence electrons. The molecule has 6 aromatic rings. The fraction of sp³-hybridized carbons (Fsp3) is 0.341. The number of rotatable bonds is 2. The number of esters is 1. The molecular formula is C41H42N2O10. The third-order valence-corrected chi connectivity index (χ3v) is 8.48. The minimum absolute atomic E-state index is 0.260. The molecule has 0 amide bonds. The lowest BCUT2D eigenvalue weighted by Crippen LogP contribution is -2.14. The normalized spacial score (nSPS) is 15.9. The number of carbonyl (C=O) groups is 1. The van der Waals surface area contributed by atoms with Crippen molar-refractivity contribution in [3.63, 3.8) is 0 Å². The summed E-state index contributed by atoms with van der Waals surface area (Å²) in [7, 11) is 0. The van der Waals surface area contributed by atoms with Crippen molar-refractivity contribution < 1.29 is 47.4 Å². The number of nitrogens with zero attached hydrogens (tertiary/aromatic N) is 2. The fourth-order valence-electron chi connectivity index (χ4n) is 6.09. The van der Waals surface area contributed by atoms with Crippen LogP contribution in [0.15, 0.2) is 78.9 Å². The summed E-state index contributed by atoms with van der Waals surface area (Å²) in [4.78, 5) is 22.6. The second kappa shape index (κ2) is 18.0. The van der Waals surface area contributed by atoms with Gasteiger partial charge in [-0.25, -0.2) is 14.8 Å². The van der Waals surface area contributed by atoms with E-state index in [0.717, 1.165) is 32.6 Å². The van der Waals surface area contributed by atoms with E-state index in [-0.39, 0.29) is 33.0 Å². The molecule has 0 N–H and O–H groups in total. The SMILES string of the molecule is CCOC(=O)c1cc2cc(c1)OCCOCCOCCOc1cc3nc4c5ccccc5c5ccccc5c4nc3cc1OCCOCCOCCO2. The highest BCUT2D eigenvalue weighted by Gasteiger charge is 2.16. The minimum atomic E-state index is -0.456. The molecule has 53 heavy (non-hydrogen) atoms. The van der Waals surface area contributed by atoms with E-state index in [1.165, 1.54) is 0 Å². The summed E-state index contributed by atoms with van der Waals surface area (Å²) < 4.78 is 52.2. The number of hydrogen-bond acceptors (Lipinski definition) is 12. The van der Waals surface area contributed by atoms with Crippen LogP contribution in [0.25, 0.3) is 43.6 Å². The van der Waals surface area contributed by atoms with Crippen LogP contribution in [0.1, 0.15) is 17.3 Å². The minimum Gasteiger partial charge on any atom is -0.491 e. The molecule has 0 atom stereocenters. The van der Waals surface area contributed by atoms with Crippen LogP contribution < -0.4 is 18.9 Å². The Bertz CT molecular complexity index is 2040. The molecule has 0 saturated carbocycles. The van der Waals surface area contributed by atoms with Crippen molar-refractivity contribution in [3.05, 3.63) is 84.4 Å². The van der Waals surface area contributed by atoms with E-state index in [9.17, 15) is 4.79 Å². The van der Waals surface area contributed by atoms with Gasteiger partial charge in [0.25, 0.3) is 0 Å². The average Bonchev–Trinajstić information content (AvgIpc) is 3.18. The van der Waals surface area contributed by atoms with Crippen molar-refractivity contribution in [2.45, 2.75) is 6.92 Å². The lowest BCUT2D eigenvalue weighted by atomic mass is 9.99. The summed E-state index contributed by atoms with van der Waals surface area (Å²) in [6.07, 6.45) is 0. The lowest BCUT2D eigenvalue weighted by molar-refractivity contribution is 0.0254. The molecule has 0 fully saturated rings. The van der Waals surface area contributed by atoms with Crippen molar-refractivity contribution in [1.82, 2.24) is 9.97 Å². The zero-order valence-electron chi connectivity index (χ0n) is 29.7. The van der Waals surface area contributed by atoms with Gasteiger partial charge in [-0.15, -0.1) is 0 Å². The Kier molecular flexibility index (Phi) is 12.2. The highest BCUT2D eigenvalue weighted by Crippen LogP contribution is 2.37. The van der Waals surface area contributed by atoms with Gasteiger partial charge in [-0.2, -0.15) is 0 Å². The van der Waals surface area contributed by atoms with Crippen molar-refractivity contribution in [2.75, 3.05) is 85.9 Å². The van der Waals surface area contributed by atoms with Gasteiger partial charge in [-0.05, 0) is 29.8 Å². The number of hydrogen-bond donors (Lipinski definition) is 0. The first-order chi connectivity index (χ1) is 26.2. The van der Waals surface area contributed by atoms with Gasteiger partial charge < -0.3 is 42.6 Å². The molecule has 0 unspecified atom stereocenters. The standard InChI is InChI=1S/C41H42N2O10/c1-2-49-41(44)28-23-29-25-30(24-28)51-20-16-46-12-14-48-18-22-53-38-27-36-35(26-37(38)52-21-17-47-13-11-45-15-19-50-29)42-39-33-9-5-3-7-31(33)32-8-4-6-10-34(32)40(39)43-36/h3-10,23-27H,2,11-22H2,1H3. The molecule has 0 spiro atoms. The van der Waals surface area contributed by atoms with Gasteiger partial charge in [0.15, 0.2) is 11.5 Å². The number of benzene rings is 5. The fourth-order valence-corrected chi connectivity index (χ4v) is 6.09. The summed E-state index contributed by atoms with van der Waals surface area (Å²) in [5, 5.41) is 4.34. The van der Waals surface area contributed by atoms with Crippen molar-refractivity contribution in [2.24, 2.45) is 0 Å². The molecule has 12 heteroatoms. The van der Waals surface area contributed by atoms with Crippen LogP contribution in [0, 0.1) is 0 Å². The molecule has 5 aromatic carbocycles. The Morgan fingerprint density at radius 3 is 1.36 bits per heavy atom. The molecule has 2 bridgehead atoms. The van der Waals surface area contributed by atoms with Crippen LogP contribution in [0.4, 0.5) is 0 Å². The van der Waals surface area contributed by atoms with E-state index in [2.05, 4.69) is 24.3 Å². The van der Waals surface area contributed by atoms with Crippen molar-refractivity contribution >= 4 is 49.6 Å². The molecular weight excluding hydrogens is 680 g/mol. The molecule has 7 rings (SSSR count). The Morgan fingerprint density at radius 1 is 0.528 bits per heavy atom. The van der Waals surface area contributed by atoms with E-state index in [0.29, 0.717) is 92.4 Å². The number of ether oxygens (including phenoxy) is 9. The van der Waals surface area contributed by atoms with E-state index in [4.69, 9.17) is 52.6 Å². The number of fused-ring (bicyclic) bond motifs is 10. The maximum atomic E-state index is 12.4. The second-order valence-corrected chi connectivity index (χ2v) is 12.1. The Balaban J connectivity index is 1.05. The zero-order valence-corrected chi connectivity index (χ0v) is 29.7. The predicted octanol–water partition coefficient (Wildman–Crippen LogP) is 6.56. The van der Waals surface area contributed by atoms with Crippen molar-refractivity contribution in [1.29, 1.82) is 0 Å². The van der Waals surface area contributed by atoms with Crippen LogP contribution in [0.3, 0.4) is 0 Å². The van der Waals surface area contributed by atoms with Gasteiger partial charge in [0.05, 0.1) is 87.1 Å². The molecule has 0 saturated heterocycles. The third-order valence-electron chi connectivity index (χ3n) is 8.48. The molecule has 1 aliphatic rings. The van der Waals surface area contributed by atoms with Gasteiger partial charge in [-0.3, -0.25) is 0 Å². The van der Waals surface area contributed by atoms with E-state index < -0.39 is 5.97 Å². The topological polar surface area (TPSA) is 126 Å². The summed E-state index contributed by atoms with van der Waals surface area (Å²) in [5.41, 5.74) is 3.39. The van der Waals surface area contributed by atoms with Gasteiger partial charge in [0, 0.05) is 29.0 Å². The van der Waals surface area contributed by atoms with Crippen LogP contribution in [-0.2, 0) is 23.7 Å². The summed E-state index contributed by atoms with van der Waals surface area (Å²) >= 11 is 0.